The minimum absolute atomic E-state index is 0.207. The monoisotopic (exact) mass is 427 g/mol. The maximum atomic E-state index is 12.6. The number of hydrogen-bond acceptors (Lipinski definition) is 4. The lowest BCUT2D eigenvalue weighted by Gasteiger charge is -2.09. The third kappa shape index (κ3) is 4.52. The standard InChI is InChI=1S/C25H21N3O4/c1-15-13-18(23(26)29)6-4-7-20(15)28-24(30)16-9-11-19(12-10-16)27-25(31)22-14-17-5-2-3-8-21(17)32-22/h2-5,7-14H,6H2,1H3,(H2,26,29)(H,27,31)(H,28,30). The van der Waals surface area contributed by atoms with Crippen molar-refractivity contribution in [1.29, 1.82) is 0 Å². The normalized spacial score (nSPS) is 13.5. The number of carbonyl (C=O) groups excluding carboxylic acids is 3. The molecule has 32 heavy (non-hydrogen) atoms. The van der Waals surface area contributed by atoms with Crippen molar-refractivity contribution in [1.82, 2.24) is 5.32 Å². The van der Waals surface area contributed by atoms with Crippen molar-refractivity contribution in [3.05, 3.63) is 101 Å². The number of benzene rings is 2. The van der Waals surface area contributed by atoms with E-state index >= 15 is 0 Å². The zero-order valence-corrected chi connectivity index (χ0v) is 17.3. The highest BCUT2D eigenvalue weighted by Crippen LogP contribution is 2.20. The first-order valence-electron chi connectivity index (χ1n) is 10.00. The number of nitrogens with two attached hydrogens (primary N) is 1. The Hall–Kier alpha value is -4.39. The first-order valence-corrected chi connectivity index (χ1v) is 10.00. The zero-order chi connectivity index (χ0) is 22.7. The van der Waals surface area contributed by atoms with Gasteiger partial charge in [-0.25, -0.2) is 0 Å². The Morgan fingerprint density at radius 2 is 1.72 bits per heavy atom. The van der Waals surface area contributed by atoms with Gasteiger partial charge < -0.3 is 20.8 Å². The van der Waals surface area contributed by atoms with E-state index in [9.17, 15) is 14.4 Å². The molecule has 160 valence electrons. The number of primary amides is 1. The van der Waals surface area contributed by atoms with Gasteiger partial charge in [-0.2, -0.15) is 0 Å². The minimum Gasteiger partial charge on any atom is -0.451 e. The second-order valence-electron chi connectivity index (χ2n) is 7.37. The predicted molar refractivity (Wildman–Crippen MR) is 122 cm³/mol. The lowest BCUT2D eigenvalue weighted by Crippen LogP contribution is -2.22. The zero-order valence-electron chi connectivity index (χ0n) is 17.3. The van der Waals surface area contributed by atoms with Crippen molar-refractivity contribution >= 4 is 34.4 Å². The summed E-state index contributed by atoms with van der Waals surface area (Å²) in [7, 11) is 0. The molecule has 7 nitrogen and oxygen atoms in total. The van der Waals surface area contributed by atoms with Crippen molar-refractivity contribution in [2.24, 2.45) is 5.73 Å². The lowest BCUT2D eigenvalue weighted by atomic mass is 10.1. The van der Waals surface area contributed by atoms with Crippen LogP contribution in [0.25, 0.3) is 11.0 Å². The topological polar surface area (TPSA) is 114 Å². The second-order valence-corrected chi connectivity index (χ2v) is 7.37. The van der Waals surface area contributed by atoms with Crippen molar-refractivity contribution in [2.75, 3.05) is 5.32 Å². The first kappa shape index (κ1) is 20.9. The average Bonchev–Trinajstić information content (AvgIpc) is 3.13. The molecule has 0 radical (unpaired) electrons. The van der Waals surface area contributed by atoms with Gasteiger partial charge in [0.05, 0.1) is 0 Å². The van der Waals surface area contributed by atoms with Crippen LogP contribution in [0.2, 0.25) is 0 Å². The number of amides is 3. The van der Waals surface area contributed by atoms with Gasteiger partial charge in [-0.1, -0.05) is 24.3 Å². The lowest BCUT2D eigenvalue weighted by molar-refractivity contribution is -0.114. The van der Waals surface area contributed by atoms with E-state index in [1.807, 2.05) is 18.2 Å². The van der Waals surface area contributed by atoms with Crippen molar-refractivity contribution in [3.63, 3.8) is 0 Å². The summed E-state index contributed by atoms with van der Waals surface area (Å²) in [5.74, 6) is -0.962. The number of hydrogen-bond donors (Lipinski definition) is 3. The highest BCUT2D eigenvalue weighted by Gasteiger charge is 2.14. The molecular weight excluding hydrogens is 406 g/mol. The van der Waals surface area contributed by atoms with Crippen LogP contribution in [-0.2, 0) is 4.79 Å². The number of para-hydroxylation sites is 1. The first-order chi connectivity index (χ1) is 15.4. The van der Waals surface area contributed by atoms with Gasteiger partial charge in [-0.05, 0) is 67.5 Å². The van der Waals surface area contributed by atoms with Crippen LogP contribution in [0.1, 0.15) is 34.3 Å². The number of carbonyl (C=O) groups is 3. The maximum Gasteiger partial charge on any atom is 0.291 e. The van der Waals surface area contributed by atoms with Crippen LogP contribution in [0.5, 0.6) is 0 Å². The molecule has 1 heterocycles. The maximum absolute atomic E-state index is 12.6. The molecule has 1 aromatic heterocycles. The molecule has 0 aliphatic heterocycles. The number of anilines is 1. The van der Waals surface area contributed by atoms with Crippen LogP contribution in [0.4, 0.5) is 5.69 Å². The smallest absolute Gasteiger partial charge is 0.291 e. The Kier molecular flexibility index (Phi) is 5.72. The van der Waals surface area contributed by atoms with E-state index in [-0.39, 0.29) is 17.6 Å². The van der Waals surface area contributed by atoms with Gasteiger partial charge in [0.15, 0.2) is 5.76 Å². The summed E-state index contributed by atoms with van der Waals surface area (Å²) in [5, 5.41) is 6.45. The second kappa shape index (κ2) is 8.77. The van der Waals surface area contributed by atoms with Crippen LogP contribution in [0.15, 0.2) is 94.1 Å². The van der Waals surface area contributed by atoms with Crippen LogP contribution >= 0.6 is 0 Å². The quantitative estimate of drug-likeness (QED) is 0.570. The van der Waals surface area contributed by atoms with Gasteiger partial charge in [0.1, 0.15) is 5.58 Å². The third-order valence-electron chi connectivity index (χ3n) is 5.06. The van der Waals surface area contributed by atoms with E-state index < -0.39 is 5.91 Å². The van der Waals surface area contributed by atoms with Crippen LogP contribution < -0.4 is 16.4 Å². The summed E-state index contributed by atoms with van der Waals surface area (Å²) >= 11 is 0. The summed E-state index contributed by atoms with van der Waals surface area (Å²) in [6, 6.07) is 15.6. The highest BCUT2D eigenvalue weighted by molar-refractivity contribution is 6.05. The largest absolute Gasteiger partial charge is 0.451 e. The minimum atomic E-state index is -0.484. The van der Waals surface area contributed by atoms with Crippen molar-refractivity contribution < 1.29 is 18.8 Å². The van der Waals surface area contributed by atoms with Gasteiger partial charge in [0, 0.05) is 27.9 Å². The number of nitrogens with one attached hydrogen (secondary N) is 2. The molecule has 0 atom stereocenters. The molecule has 1 aliphatic carbocycles. The molecular formula is C25H21N3O4. The fourth-order valence-corrected chi connectivity index (χ4v) is 3.33. The molecule has 3 aromatic rings. The van der Waals surface area contributed by atoms with E-state index in [4.69, 9.17) is 10.2 Å². The molecule has 0 saturated heterocycles. The van der Waals surface area contributed by atoms with Crippen LogP contribution in [0, 0.1) is 0 Å². The van der Waals surface area contributed by atoms with E-state index in [1.54, 1.807) is 61.5 Å². The summed E-state index contributed by atoms with van der Waals surface area (Å²) in [6.45, 7) is 1.80. The molecule has 1 aliphatic rings. The van der Waals surface area contributed by atoms with E-state index in [0.29, 0.717) is 34.5 Å². The molecule has 0 unspecified atom stereocenters. The fraction of sp³-hybridized carbons (Fsp3) is 0.0800. The fourth-order valence-electron chi connectivity index (χ4n) is 3.33. The van der Waals surface area contributed by atoms with E-state index in [0.717, 1.165) is 11.0 Å². The number of allylic oxidation sites excluding steroid dienone is 4. The molecule has 2 aromatic carbocycles. The number of fused-ring (bicyclic) bond motifs is 1. The molecule has 4 N–H and O–H groups in total. The molecule has 7 heteroatoms. The van der Waals surface area contributed by atoms with E-state index in [2.05, 4.69) is 10.6 Å². The molecule has 0 fully saturated rings. The Morgan fingerprint density at radius 3 is 2.44 bits per heavy atom. The van der Waals surface area contributed by atoms with Crippen molar-refractivity contribution in [3.8, 4) is 0 Å². The van der Waals surface area contributed by atoms with Gasteiger partial charge in [-0.3, -0.25) is 14.4 Å². The molecule has 0 spiro atoms. The predicted octanol–water partition coefficient (Wildman–Crippen LogP) is 4.06. The molecule has 4 rings (SSSR count). The number of rotatable bonds is 5. The Balaban J connectivity index is 1.44. The Morgan fingerprint density at radius 1 is 0.969 bits per heavy atom. The molecule has 3 amide bonds. The average molecular weight is 427 g/mol. The third-order valence-corrected chi connectivity index (χ3v) is 5.06. The summed E-state index contributed by atoms with van der Waals surface area (Å²) in [5.41, 5.74) is 8.75. The van der Waals surface area contributed by atoms with Gasteiger partial charge >= 0.3 is 0 Å². The van der Waals surface area contributed by atoms with Crippen molar-refractivity contribution in [2.45, 2.75) is 13.3 Å². The number of furan rings is 1. The SMILES string of the molecule is CC1=C(NC(=O)c2ccc(NC(=O)c3cc4ccccc4o3)cc2)C=CCC(C(N)=O)=C1. The Bertz CT molecular complexity index is 1280. The van der Waals surface area contributed by atoms with Crippen LogP contribution in [0.3, 0.4) is 0 Å². The van der Waals surface area contributed by atoms with Gasteiger partial charge in [-0.15, -0.1) is 0 Å². The Labute approximate surface area is 184 Å². The molecule has 0 bridgehead atoms. The highest BCUT2D eigenvalue weighted by atomic mass is 16.3. The summed E-state index contributed by atoms with van der Waals surface area (Å²) < 4.78 is 5.57. The van der Waals surface area contributed by atoms with Gasteiger partial charge in [0.2, 0.25) is 5.91 Å². The summed E-state index contributed by atoms with van der Waals surface area (Å²) in [6.07, 6.45) is 5.61. The molecule has 0 saturated carbocycles. The summed E-state index contributed by atoms with van der Waals surface area (Å²) in [4.78, 5) is 36.5. The van der Waals surface area contributed by atoms with E-state index in [1.165, 1.54) is 0 Å². The van der Waals surface area contributed by atoms with Gasteiger partial charge in [0.25, 0.3) is 11.8 Å². The van der Waals surface area contributed by atoms with Crippen LogP contribution in [-0.4, -0.2) is 17.7 Å².